The van der Waals surface area contributed by atoms with Crippen molar-refractivity contribution in [1.82, 2.24) is 4.90 Å². The van der Waals surface area contributed by atoms with Crippen molar-refractivity contribution in [3.05, 3.63) is 71.8 Å². The van der Waals surface area contributed by atoms with Crippen LogP contribution < -0.4 is 0 Å². The minimum atomic E-state index is 0.110. The predicted octanol–water partition coefficient (Wildman–Crippen LogP) is 5.57. The van der Waals surface area contributed by atoms with Crippen LogP contribution in [0.4, 0.5) is 0 Å². The smallest absolute Gasteiger partial charge is 0.139 e. The summed E-state index contributed by atoms with van der Waals surface area (Å²) in [5.74, 6) is 0.538. The molecule has 1 saturated heterocycles. The molecule has 2 aromatic rings. The Kier molecular flexibility index (Phi) is 6.04. The van der Waals surface area contributed by atoms with E-state index in [0.717, 1.165) is 12.8 Å². The molecule has 0 amide bonds. The lowest BCUT2D eigenvalue weighted by Crippen LogP contribution is -2.43. The lowest BCUT2D eigenvalue weighted by Gasteiger charge is -2.44. The van der Waals surface area contributed by atoms with Crippen molar-refractivity contribution in [2.45, 2.75) is 51.1 Å². The van der Waals surface area contributed by atoms with Crippen LogP contribution in [-0.2, 0) is 4.79 Å². The van der Waals surface area contributed by atoms with Gasteiger partial charge in [0.2, 0.25) is 0 Å². The minimum Gasteiger partial charge on any atom is -0.299 e. The van der Waals surface area contributed by atoms with Crippen LogP contribution in [0.3, 0.4) is 0 Å². The number of unbranched alkanes of at least 4 members (excludes halogenated alkanes) is 2. The van der Waals surface area contributed by atoms with Gasteiger partial charge in [-0.25, -0.2) is 0 Å². The summed E-state index contributed by atoms with van der Waals surface area (Å²) in [7, 11) is 2.19. The van der Waals surface area contributed by atoms with E-state index in [1.54, 1.807) is 0 Å². The molecule has 1 aliphatic heterocycles. The Balaban J connectivity index is 1.91. The number of Topliss-reactive ketones (excluding diaryl/α,β-unsaturated/α-hetero) is 1. The molecule has 0 bridgehead atoms. The molecule has 1 fully saturated rings. The van der Waals surface area contributed by atoms with Crippen LogP contribution in [0.5, 0.6) is 0 Å². The molecule has 0 unspecified atom stereocenters. The molecule has 0 saturated carbocycles. The van der Waals surface area contributed by atoms with Gasteiger partial charge in [0.15, 0.2) is 0 Å². The molecule has 0 aromatic heterocycles. The summed E-state index contributed by atoms with van der Waals surface area (Å²) in [5.41, 5.74) is 2.51. The molecule has 1 heterocycles. The number of carbonyl (C=O) groups excluding carboxylic acids is 1. The number of carbonyl (C=O) groups is 1. The van der Waals surface area contributed by atoms with Gasteiger partial charge in [-0.05, 0) is 24.6 Å². The van der Waals surface area contributed by atoms with E-state index in [-0.39, 0.29) is 18.0 Å². The molecule has 2 nitrogen and oxygen atoms in total. The number of ketones is 1. The number of hydrogen-bond donors (Lipinski definition) is 0. The number of likely N-dealkylation sites (tertiary alicyclic amines) is 1. The first-order chi connectivity index (χ1) is 12.2. The fourth-order valence-corrected chi connectivity index (χ4v) is 4.22. The molecule has 25 heavy (non-hydrogen) atoms. The summed E-state index contributed by atoms with van der Waals surface area (Å²) in [4.78, 5) is 15.5. The normalized spacial score (nSPS) is 24.4. The van der Waals surface area contributed by atoms with Gasteiger partial charge in [0.25, 0.3) is 0 Å². The molecule has 1 aliphatic rings. The number of hydrogen-bond acceptors (Lipinski definition) is 2. The Morgan fingerprint density at radius 1 is 0.920 bits per heavy atom. The Labute approximate surface area is 151 Å². The Morgan fingerprint density at radius 2 is 1.52 bits per heavy atom. The molecule has 2 aromatic carbocycles. The highest BCUT2D eigenvalue weighted by molar-refractivity contribution is 5.83. The Bertz CT molecular complexity index is 667. The van der Waals surface area contributed by atoms with Crippen molar-refractivity contribution in [3.8, 4) is 0 Å². The van der Waals surface area contributed by atoms with E-state index in [2.05, 4.69) is 73.5 Å². The zero-order valence-corrected chi connectivity index (χ0v) is 15.4. The van der Waals surface area contributed by atoms with Crippen LogP contribution in [-0.4, -0.2) is 17.7 Å². The fraction of sp³-hybridized carbons (Fsp3) is 0.435. The van der Waals surface area contributed by atoms with E-state index in [4.69, 9.17) is 0 Å². The molecule has 0 spiro atoms. The van der Waals surface area contributed by atoms with E-state index < -0.39 is 0 Å². The lowest BCUT2D eigenvalue weighted by atomic mass is 9.77. The summed E-state index contributed by atoms with van der Waals surface area (Å²) in [6.45, 7) is 2.22. The van der Waals surface area contributed by atoms with Crippen LogP contribution >= 0.6 is 0 Å². The van der Waals surface area contributed by atoms with Crippen molar-refractivity contribution < 1.29 is 4.79 Å². The average molecular weight is 335 g/mol. The van der Waals surface area contributed by atoms with Gasteiger partial charge in [0.05, 0.1) is 0 Å². The highest BCUT2D eigenvalue weighted by atomic mass is 16.1. The second kappa shape index (κ2) is 8.44. The predicted molar refractivity (Wildman–Crippen MR) is 103 cm³/mol. The summed E-state index contributed by atoms with van der Waals surface area (Å²) in [6, 6.07) is 21.4. The molecular weight excluding hydrogens is 306 g/mol. The molecule has 0 radical (unpaired) electrons. The van der Waals surface area contributed by atoms with Crippen molar-refractivity contribution in [2.75, 3.05) is 7.05 Å². The van der Waals surface area contributed by atoms with Crippen molar-refractivity contribution in [1.29, 1.82) is 0 Å². The van der Waals surface area contributed by atoms with Gasteiger partial charge in [0, 0.05) is 24.4 Å². The van der Waals surface area contributed by atoms with E-state index in [1.165, 1.54) is 24.0 Å². The number of piperidine rings is 1. The highest BCUT2D eigenvalue weighted by Crippen LogP contribution is 2.43. The van der Waals surface area contributed by atoms with Gasteiger partial charge in [-0.15, -0.1) is 0 Å². The maximum Gasteiger partial charge on any atom is 0.139 e. The Hall–Kier alpha value is -1.93. The van der Waals surface area contributed by atoms with Crippen molar-refractivity contribution in [2.24, 2.45) is 5.92 Å². The molecule has 3 rings (SSSR count). The van der Waals surface area contributed by atoms with Crippen molar-refractivity contribution in [3.63, 3.8) is 0 Å². The van der Waals surface area contributed by atoms with Gasteiger partial charge in [-0.1, -0.05) is 86.8 Å². The van der Waals surface area contributed by atoms with Crippen molar-refractivity contribution >= 4 is 5.78 Å². The van der Waals surface area contributed by atoms with Gasteiger partial charge >= 0.3 is 0 Å². The van der Waals surface area contributed by atoms with E-state index >= 15 is 0 Å². The lowest BCUT2D eigenvalue weighted by molar-refractivity contribution is -0.132. The summed E-state index contributed by atoms with van der Waals surface area (Å²) >= 11 is 0. The topological polar surface area (TPSA) is 20.3 Å². The molecule has 3 atom stereocenters. The van der Waals surface area contributed by atoms with Crippen LogP contribution in [0.15, 0.2) is 60.7 Å². The standard InChI is InChI=1S/C23H29NO/c1-3-4-7-16-20-22(25)17-21(18-12-8-5-9-13-18)24(2)23(20)19-14-10-6-11-15-19/h5-6,8-15,20-21,23H,3-4,7,16-17H2,1-2H3/t20-,21-,23+/m1/s1. The SMILES string of the molecule is CCCCC[C@@H]1C(=O)C[C@H](c2ccccc2)N(C)[C@H]1c1ccccc1. The average Bonchev–Trinajstić information content (AvgIpc) is 2.66. The van der Waals surface area contributed by atoms with Gasteiger partial charge in [0.1, 0.15) is 5.78 Å². The number of rotatable bonds is 6. The van der Waals surface area contributed by atoms with E-state index in [0.29, 0.717) is 12.2 Å². The van der Waals surface area contributed by atoms with E-state index in [1.807, 2.05) is 6.07 Å². The maximum absolute atomic E-state index is 13.1. The zero-order valence-electron chi connectivity index (χ0n) is 15.4. The number of benzene rings is 2. The quantitative estimate of drug-likeness (QED) is 0.643. The van der Waals surface area contributed by atoms with Crippen LogP contribution in [0, 0.1) is 5.92 Å². The molecule has 0 aliphatic carbocycles. The summed E-state index contributed by atoms with van der Waals surface area (Å²) in [5, 5.41) is 0. The maximum atomic E-state index is 13.1. The van der Waals surface area contributed by atoms with Gasteiger partial charge in [-0.2, -0.15) is 0 Å². The third-order valence-corrected chi connectivity index (χ3v) is 5.56. The Morgan fingerprint density at radius 3 is 2.12 bits per heavy atom. The third kappa shape index (κ3) is 4.01. The molecular formula is C23H29NO. The molecule has 0 N–H and O–H groups in total. The second-order valence-corrected chi connectivity index (χ2v) is 7.22. The number of nitrogens with zero attached hydrogens (tertiary/aromatic N) is 1. The third-order valence-electron chi connectivity index (χ3n) is 5.56. The first-order valence-corrected chi connectivity index (χ1v) is 9.57. The van der Waals surface area contributed by atoms with Gasteiger partial charge in [-0.3, -0.25) is 9.69 Å². The molecule has 132 valence electrons. The van der Waals surface area contributed by atoms with Crippen LogP contribution in [0.2, 0.25) is 0 Å². The van der Waals surface area contributed by atoms with Gasteiger partial charge < -0.3 is 0 Å². The van der Waals surface area contributed by atoms with Crippen LogP contribution in [0.1, 0.15) is 62.2 Å². The zero-order chi connectivity index (χ0) is 17.6. The monoisotopic (exact) mass is 335 g/mol. The fourth-order valence-electron chi connectivity index (χ4n) is 4.22. The van der Waals surface area contributed by atoms with E-state index in [9.17, 15) is 4.79 Å². The summed E-state index contributed by atoms with van der Waals surface area (Å²) in [6.07, 6.45) is 5.16. The first kappa shape index (κ1) is 17.9. The second-order valence-electron chi connectivity index (χ2n) is 7.22. The minimum absolute atomic E-state index is 0.110. The highest BCUT2D eigenvalue weighted by Gasteiger charge is 2.41. The first-order valence-electron chi connectivity index (χ1n) is 9.57. The summed E-state index contributed by atoms with van der Waals surface area (Å²) < 4.78 is 0. The largest absolute Gasteiger partial charge is 0.299 e. The van der Waals surface area contributed by atoms with Crippen LogP contribution in [0.25, 0.3) is 0 Å². The molecule has 2 heteroatoms.